The number of benzene rings is 2. The van der Waals surface area contributed by atoms with Crippen molar-refractivity contribution in [1.82, 2.24) is 0 Å². The SMILES string of the molecule is CCc1ccc2c(c1)C(CC(=O)O)c1cc(C(C)(C)C)ccc1-2. The van der Waals surface area contributed by atoms with E-state index in [1.807, 2.05) is 0 Å². The summed E-state index contributed by atoms with van der Waals surface area (Å²) in [5.74, 6) is -0.775. The third-order valence-corrected chi connectivity index (χ3v) is 4.86. The summed E-state index contributed by atoms with van der Waals surface area (Å²) < 4.78 is 0. The van der Waals surface area contributed by atoms with E-state index >= 15 is 0 Å². The summed E-state index contributed by atoms with van der Waals surface area (Å²) in [7, 11) is 0. The highest BCUT2D eigenvalue weighted by atomic mass is 16.4. The first-order chi connectivity index (χ1) is 10.8. The van der Waals surface area contributed by atoms with E-state index in [2.05, 4.69) is 64.1 Å². The van der Waals surface area contributed by atoms with Crippen LogP contribution in [0.5, 0.6) is 0 Å². The van der Waals surface area contributed by atoms with Crippen LogP contribution in [0.2, 0.25) is 0 Å². The summed E-state index contributed by atoms with van der Waals surface area (Å²) in [6.07, 6.45) is 1.12. The first-order valence-electron chi connectivity index (χ1n) is 8.30. The van der Waals surface area contributed by atoms with E-state index in [0.29, 0.717) is 0 Å². The molecule has 1 aliphatic carbocycles. The lowest BCUT2D eigenvalue weighted by molar-refractivity contribution is -0.137. The molecule has 23 heavy (non-hydrogen) atoms. The Morgan fingerprint density at radius 1 is 1.04 bits per heavy atom. The van der Waals surface area contributed by atoms with Gasteiger partial charge < -0.3 is 5.11 Å². The Balaban J connectivity index is 2.18. The Bertz CT molecular complexity index is 766. The highest BCUT2D eigenvalue weighted by molar-refractivity contribution is 5.82. The quantitative estimate of drug-likeness (QED) is 0.853. The number of rotatable bonds is 3. The van der Waals surface area contributed by atoms with Crippen LogP contribution in [0.3, 0.4) is 0 Å². The molecule has 1 atom stereocenters. The standard InChI is InChI=1S/C21H24O2/c1-5-13-6-8-15-16-9-7-14(21(2,3)4)11-18(16)19(12-20(22)23)17(15)10-13/h6-11,19H,5,12H2,1-4H3,(H,22,23). The van der Waals surface area contributed by atoms with Gasteiger partial charge in [-0.1, -0.05) is 64.1 Å². The Kier molecular flexibility index (Phi) is 3.79. The number of hydrogen-bond donors (Lipinski definition) is 1. The van der Waals surface area contributed by atoms with E-state index in [0.717, 1.165) is 6.42 Å². The van der Waals surface area contributed by atoms with Crippen LogP contribution >= 0.6 is 0 Å². The minimum atomic E-state index is -0.739. The molecule has 0 fully saturated rings. The van der Waals surface area contributed by atoms with E-state index in [1.165, 1.54) is 33.4 Å². The van der Waals surface area contributed by atoms with Gasteiger partial charge in [0, 0.05) is 5.92 Å². The molecule has 1 unspecified atom stereocenters. The molecule has 0 saturated heterocycles. The van der Waals surface area contributed by atoms with E-state index < -0.39 is 5.97 Å². The maximum absolute atomic E-state index is 11.4. The Hall–Kier alpha value is -2.09. The minimum absolute atomic E-state index is 0.0358. The molecule has 120 valence electrons. The fourth-order valence-electron chi connectivity index (χ4n) is 3.49. The summed E-state index contributed by atoms with van der Waals surface area (Å²) in [5, 5.41) is 9.38. The smallest absolute Gasteiger partial charge is 0.304 e. The summed E-state index contributed by atoms with van der Waals surface area (Å²) in [6, 6.07) is 13.1. The Labute approximate surface area is 138 Å². The lowest BCUT2D eigenvalue weighted by Crippen LogP contribution is -2.12. The second-order valence-corrected chi connectivity index (χ2v) is 7.48. The van der Waals surface area contributed by atoms with E-state index in [-0.39, 0.29) is 17.8 Å². The minimum Gasteiger partial charge on any atom is -0.481 e. The molecule has 0 aliphatic heterocycles. The molecule has 0 saturated carbocycles. The molecule has 0 heterocycles. The van der Waals surface area contributed by atoms with Crippen molar-refractivity contribution < 1.29 is 9.90 Å². The molecule has 2 heteroatoms. The highest BCUT2D eigenvalue weighted by Crippen LogP contribution is 2.47. The zero-order valence-corrected chi connectivity index (χ0v) is 14.3. The van der Waals surface area contributed by atoms with E-state index in [9.17, 15) is 9.90 Å². The second kappa shape index (κ2) is 5.52. The number of carboxylic acids is 1. The van der Waals surface area contributed by atoms with Gasteiger partial charge in [-0.15, -0.1) is 0 Å². The molecule has 2 nitrogen and oxygen atoms in total. The highest BCUT2D eigenvalue weighted by Gasteiger charge is 2.31. The molecule has 1 aliphatic rings. The van der Waals surface area contributed by atoms with Crippen molar-refractivity contribution in [1.29, 1.82) is 0 Å². The monoisotopic (exact) mass is 308 g/mol. The van der Waals surface area contributed by atoms with Gasteiger partial charge in [0.15, 0.2) is 0 Å². The fourth-order valence-corrected chi connectivity index (χ4v) is 3.49. The largest absolute Gasteiger partial charge is 0.481 e. The third kappa shape index (κ3) is 2.78. The van der Waals surface area contributed by atoms with Crippen LogP contribution in [0.4, 0.5) is 0 Å². The summed E-state index contributed by atoms with van der Waals surface area (Å²) in [4.78, 5) is 11.4. The van der Waals surface area contributed by atoms with Crippen LogP contribution in [0.15, 0.2) is 36.4 Å². The van der Waals surface area contributed by atoms with Crippen molar-refractivity contribution in [2.45, 2.75) is 51.9 Å². The molecule has 2 aromatic carbocycles. The number of carboxylic acid groups (broad SMARTS) is 1. The maximum atomic E-state index is 11.4. The van der Waals surface area contributed by atoms with Gasteiger partial charge in [0.05, 0.1) is 6.42 Å². The Morgan fingerprint density at radius 2 is 1.65 bits per heavy atom. The number of aliphatic carboxylic acids is 1. The topological polar surface area (TPSA) is 37.3 Å². The normalized spacial score (nSPS) is 16.1. The molecular formula is C21H24O2. The first-order valence-corrected chi connectivity index (χ1v) is 8.30. The van der Waals surface area contributed by atoms with Crippen LogP contribution in [0.1, 0.15) is 62.3 Å². The van der Waals surface area contributed by atoms with Crippen molar-refractivity contribution >= 4 is 5.97 Å². The maximum Gasteiger partial charge on any atom is 0.304 e. The lowest BCUT2D eigenvalue weighted by Gasteiger charge is -2.21. The van der Waals surface area contributed by atoms with E-state index in [4.69, 9.17) is 0 Å². The molecule has 0 amide bonds. The first kappa shape index (κ1) is 15.8. The lowest BCUT2D eigenvalue weighted by atomic mass is 9.83. The Morgan fingerprint density at radius 3 is 2.22 bits per heavy atom. The molecule has 1 N–H and O–H groups in total. The van der Waals surface area contributed by atoms with Gasteiger partial charge in [0.25, 0.3) is 0 Å². The molecule has 0 spiro atoms. The number of aryl methyl sites for hydroxylation is 1. The van der Waals surface area contributed by atoms with Crippen LogP contribution in [0.25, 0.3) is 11.1 Å². The third-order valence-electron chi connectivity index (χ3n) is 4.86. The molecule has 2 aromatic rings. The average molecular weight is 308 g/mol. The molecular weight excluding hydrogens is 284 g/mol. The van der Waals surface area contributed by atoms with Crippen LogP contribution in [-0.2, 0) is 16.6 Å². The van der Waals surface area contributed by atoms with Gasteiger partial charge in [0.2, 0.25) is 0 Å². The predicted molar refractivity (Wildman–Crippen MR) is 94.1 cm³/mol. The number of carbonyl (C=O) groups is 1. The molecule has 0 aromatic heterocycles. The average Bonchev–Trinajstić information content (AvgIpc) is 2.79. The van der Waals surface area contributed by atoms with Crippen molar-refractivity contribution in [2.24, 2.45) is 0 Å². The van der Waals surface area contributed by atoms with Gasteiger partial charge in [-0.3, -0.25) is 4.79 Å². The number of hydrogen-bond acceptors (Lipinski definition) is 1. The van der Waals surface area contributed by atoms with Crippen molar-refractivity contribution in [3.63, 3.8) is 0 Å². The molecule has 0 bridgehead atoms. The second-order valence-electron chi connectivity index (χ2n) is 7.48. The number of fused-ring (bicyclic) bond motifs is 3. The van der Waals surface area contributed by atoms with Gasteiger partial charge in [-0.05, 0) is 45.2 Å². The van der Waals surface area contributed by atoms with E-state index in [1.54, 1.807) is 0 Å². The summed E-state index contributed by atoms with van der Waals surface area (Å²) in [5.41, 5.74) is 7.33. The van der Waals surface area contributed by atoms with Crippen molar-refractivity contribution in [3.8, 4) is 11.1 Å². The fraction of sp³-hybridized carbons (Fsp3) is 0.381. The van der Waals surface area contributed by atoms with Gasteiger partial charge in [-0.25, -0.2) is 0 Å². The van der Waals surface area contributed by atoms with Crippen LogP contribution in [0, 0.1) is 0 Å². The molecule has 3 rings (SSSR count). The van der Waals surface area contributed by atoms with Gasteiger partial charge in [0.1, 0.15) is 0 Å². The van der Waals surface area contributed by atoms with Crippen molar-refractivity contribution in [2.75, 3.05) is 0 Å². The molecule has 0 radical (unpaired) electrons. The van der Waals surface area contributed by atoms with Gasteiger partial charge in [-0.2, -0.15) is 0 Å². The summed E-state index contributed by atoms with van der Waals surface area (Å²) in [6.45, 7) is 8.71. The summed E-state index contributed by atoms with van der Waals surface area (Å²) >= 11 is 0. The van der Waals surface area contributed by atoms with Crippen molar-refractivity contribution in [3.05, 3.63) is 58.7 Å². The van der Waals surface area contributed by atoms with Crippen LogP contribution < -0.4 is 0 Å². The predicted octanol–water partition coefficient (Wildman–Crippen LogP) is 5.13. The van der Waals surface area contributed by atoms with Gasteiger partial charge >= 0.3 is 5.97 Å². The zero-order chi connectivity index (χ0) is 16.8. The van der Waals surface area contributed by atoms with Crippen LogP contribution in [-0.4, -0.2) is 11.1 Å². The zero-order valence-electron chi connectivity index (χ0n) is 14.3.